The maximum atomic E-state index is 12.5. The summed E-state index contributed by atoms with van der Waals surface area (Å²) in [5.41, 5.74) is 0. The van der Waals surface area contributed by atoms with Crippen molar-refractivity contribution in [2.75, 3.05) is 19.0 Å². The Morgan fingerprint density at radius 1 is 1.35 bits per heavy atom. The van der Waals surface area contributed by atoms with Gasteiger partial charge in [-0.1, -0.05) is 13.8 Å². The summed E-state index contributed by atoms with van der Waals surface area (Å²) in [5.74, 6) is -1.00. The second-order valence-corrected chi connectivity index (χ2v) is 3.87. The second-order valence-electron chi connectivity index (χ2n) is 3.87. The van der Waals surface area contributed by atoms with Gasteiger partial charge in [0.05, 0.1) is 6.61 Å². The third-order valence-corrected chi connectivity index (χ3v) is 1.78. The van der Waals surface area contributed by atoms with Gasteiger partial charge in [-0.25, -0.2) is 4.98 Å². The lowest BCUT2D eigenvalue weighted by Gasteiger charge is -2.11. The molecule has 7 heteroatoms. The zero-order chi connectivity index (χ0) is 13.1. The van der Waals surface area contributed by atoms with Crippen LogP contribution in [-0.2, 0) is 6.18 Å². The van der Waals surface area contributed by atoms with Gasteiger partial charge in [-0.15, -0.1) is 0 Å². The highest BCUT2D eigenvalue weighted by Crippen LogP contribution is 2.28. The van der Waals surface area contributed by atoms with E-state index in [9.17, 15) is 13.2 Å². The van der Waals surface area contributed by atoms with Crippen LogP contribution in [0, 0.1) is 5.92 Å². The van der Waals surface area contributed by atoms with Crippen LogP contribution in [0.15, 0.2) is 6.07 Å². The number of hydrogen-bond donors (Lipinski definition) is 1. The monoisotopic (exact) mass is 249 g/mol. The molecule has 1 N–H and O–H groups in total. The van der Waals surface area contributed by atoms with Crippen LogP contribution in [0.5, 0.6) is 5.88 Å². The van der Waals surface area contributed by atoms with Gasteiger partial charge in [0.1, 0.15) is 5.82 Å². The van der Waals surface area contributed by atoms with Gasteiger partial charge in [-0.2, -0.15) is 18.2 Å². The first-order valence-corrected chi connectivity index (χ1v) is 5.09. The fourth-order valence-electron chi connectivity index (χ4n) is 1.01. The van der Waals surface area contributed by atoms with Gasteiger partial charge in [0, 0.05) is 13.1 Å². The number of nitrogens with zero attached hydrogens (tertiary/aromatic N) is 2. The molecule has 0 amide bonds. The summed E-state index contributed by atoms with van der Waals surface area (Å²) in [6.07, 6.45) is -4.58. The van der Waals surface area contributed by atoms with E-state index in [1.807, 2.05) is 13.8 Å². The van der Waals surface area contributed by atoms with Crippen LogP contribution >= 0.6 is 0 Å². The largest absolute Gasteiger partial charge is 0.477 e. The van der Waals surface area contributed by atoms with E-state index in [1.54, 1.807) is 0 Å². The Morgan fingerprint density at radius 3 is 2.47 bits per heavy atom. The van der Waals surface area contributed by atoms with Crippen molar-refractivity contribution < 1.29 is 17.9 Å². The van der Waals surface area contributed by atoms with E-state index >= 15 is 0 Å². The molecule has 0 fully saturated rings. The smallest absolute Gasteiger partial charge is 0.451 e. The van der Waals surface area contributed by atoms with E-state index in [1.165, 1.54) is 13.1 Å². The molecule has 0 radical (unpaired) electrons. The average Bonchev–Trinajstić information content (AvgIpc) is 2.24. The maximum Gasteiger partial charge on any atom is 0.451 e. The zero-order valence-electron chi connectivity index (χ0n) is 9.80. The predicted molar refractivity (Wildman–Crippen MR) is 56.9 cm³/mol. The average molecular weight is 249 g/mol. The van der Waals surface area contributed by atoms with Crippen LogP contribution in [0.25, 0.3) is 0 Å². The molecule has 4 nitrogen and oxygen atoms in total. The first-order valence-electron chi connectivity index (χ1n) is 5.09. The highest BCUT2D eigenvalue weighted by atomic mass is 19.4. The van der Waals surface area contributed by atoms with Crippen molar-refractivity contribution in [1.82, 2.24) is 9.97 Å². The molecule has 17 heavy (non-hydrogen) atoms. The summed E-state index contributed by atoms with van der Waals surface area (Å²) in [5, 5.41) is 2.54. The lowest BCUT2D eigenvalue weighted by molar-refractivity contribution is -0.145. The second kappa shape index (κ2) is 5.20. The highest BCUT2D eigenvalue weighted by molar-refractivity contribution is 5.38. The maximum absolute atomic E-state index is 12.5. The van der Waals surface area contributed by atoms with Crippen LogP contribution in [-0.4, -0.2) is 23.6 Å². The molecule has 1 heterocycles. The van der Waals surface area contributed by atoms with E-state index < -0.39 is 12.0 Å². The van der Waals surface area contributed by atoms with Crippen LogP contribution in [0.3, 0.4) is 0 Å². The lowest BCUT2D eigenvalue weighted by Crippen LogP contribution is -2.14. The van der Waals surface area contributed by atoms with E-state index in [4.69, 9.17) is 4.74 Å². The summed E-state index contributed by atoms with van der Waals surface area (Å²) in [6, 6.07) is 1.33. The molecule has 0 spiro atoms. The Hall–Kier alpha value is -1.53. The highest BCUT2D eigenvalue weighted by Gasteiger charge is 2.35. The van der Waals surface area contributed by atoms with E-state index in [2.05, 4.69) is 15.3 Å². The molecule has 1 rings (SSSR count). The number of hydrogen-bond acceptors (Lipinski definition) is 4. The molecule has 0 aliphatic heterocycles. The SMILES string of the molecule is CNc1cc(OCC(C)C)nc(C(F)(F)F)n1. The quantitative estimate of drug-likeness (QED) is 0.890. The molecule has 0 saturated heterocycles. The molecular weight excluding hydrogens is 235 g/mol. The van der Waals surface area contributed by atoms with Crippen LogP contribution < -0.4 is 10.1 Å². The fraction of sp³-hybridized carbons (Fsp3) is 0.600. The minimum atomic E-state index is -4.58. The van der Waals surface area contributed by atoms with Gasteiger partial charge < -0.3 is 10.1 Å². The molecular formula is C10H14F3N3O. The summed E-state index contributed by atoms with van der Waals surface area (Å²) in [7, 11) is 1.48. The van der Waals surface area contributed by atoms with Gasteiger partial charge in [0.15, 0.2) is 0 Å². The number of alkyl halides is 3. The van der Waals surface area contributed by atoms with Gasteiger partial charge in [0.25, 0.3) is 0 Å². The van der Waals surface area contributed by atoms with E-state index in [0.717, 1.165) is 0 Å². The van der Waals surface area contributed by atoms with Gasteiger partial charge >= 0.3 is 6.18 Å². The molecule has 0 atom stereocenters. The van der Waals surface area contributed by atoms with Crippen molar-refractivity contribution in [3.8, 4) is 5.88 Å². The van der Waals surface area contributed by atoms with Gasteiger partial charge in [-0.3, -0.25) is 0 Å². The molecule has 0 bridgehead atoms. The topological polar surface area (TPSA) is 47.0 Å². The summed E-state index contributed by atoms with van der Waals surface area (Å²) < 4.78 is 42.6. The third kappa shape index (κ3) is 4.08. The molecule has 0 aliphatic rings. The standard InChI is InChI=1S/C10H14F3N3O/c1-6(2)5-17-8-4-7(14-3)15-9(16-8)10(11,12)13/h4,6H,5H2,1-3H3,(H,14,15,16). The number of anilines is 1. The Balaban J connectivity index is 2.97. The van der Waals surface area contributed by atoms with Crippen molar-refractivity contribution >= 4 is 5.82 Å². The normalized spacial score (nSPS) is 11.7. The third-order valence-electron chi connectivity index (χ3n) is 1.78. The van der Waals surface area contributed by atoms with Gasteiger partial charge in [-0.05, 0) is 5.92 Å². The van der Waals surface area contributed by atoms with Gasteiger partial charge in [0.2, 0.25) is 11.7 Å². The van der Waals surface area contributed by atoms with Crippen molar-refractivity contribution in [2.45, 2.75) is 20.0 Å². The van der Waals surface area contributed by atoms with Crippen molar-refractivity contribution in [2.24, 2.45) is 5.92 Å². The fourth-order valence-corrected chi connectivity index (χ4v) is 1.01. The zero-order valence-corrected chi connectivity index (χ0v) is 9.80. The molecule has 0 aliphatic carbocycles. The Bertz CT molecular complexity index is 380. The summed E-state index contributed by atoms with van der Waals surface area (Å²) in [4.78, 5) is 6.65. The number of nitrogens with one attached hydrogen (secondary N) is 1. The minimum Gasteiger partial charge on any atom is -0.477 e. The molecule has 0 unspecified atom stereocenters. The van der Waals surface area contributed by atoms with Crippen LogP contribution in [0.1, 0.15) is 19.7 Å². The minimum absolute atomic E-state index is 0.0751. The number of aromatic nitrogens is 2. The van der Waals surface area contributed by atoms with Crippen molar-refractivity contribution in [3.63, 3.8) is 0 Å². The molecule has 1 aromatic heterocycles. The van der Waals surface area contributed by atoms with Crippen molar-refractivity contribution in [1.29, 1.82) is 0 Å². The van der Waals surface area contributed by atoms with Crippen LogP contribution in [0.4, 0.5) is 19.0 Å². The Labute approximate surface area is 97.2 Å². The van der Waals surface area contributed by atoms with E-state index in [-0.39, 0.29) is 17.6 Å². The summed E-state index contributed by atoms with van der Waals surface area (Å²) in [6.45, 7) is 4.09. The molecule has 0 aromatic carbocycles. The number of halogens is 3. The predicted octanol–water partition coefficient (Wildman–Crippen LogP) is 2.57. The van der Waals surface area contributed by atoms with Crippen molar-refractivity contribution in [3.05, 3.63) is 11.9 Å². The number of ether oxygens (including phenoxy) is 1. The molecule has 1 aromatic rings. The molecule has 96 valence electrons. The Morgan fingerprint density at radius 2 is 2.00 bits per heavy atom. The summed E-state index contributed by atoms with van der Waals surface area (Å²) >= 11 is 0. The van der Waals surface area contributed by atoms with Crippen LogP contribution in [0.2, 0.25) is 0 Å². The first-order chi connectivity index (χ1) is 7.82. The lowest BCUT2D eigenvalue weighted by atomic mass is 10.2. The van der Waals surface area contributed by atoms with E-state index in [0.29, 0.717) is 6.61 Å². The molecule has 0 saturated carbocycles. The first kappa shape index (κ1) is 13.5. The number of rotatable bonds is 4. The Kier molecular flexibility index (Phi) is 4.14.